The molecule has 1 aliphatic rings. The second-order valence-corrected chi connectivity index (χ2v) is 2.71. The highest BCUT2D eigenvalue weighted by atomic mass is 35.5. The summed E-state index contributed by atoms with van der Waals surface area (Å²) in [6, 6.07) is 6.84. The highest BCUT2D eigenvalue weighted by molar-refractivity contribution is 6.21. The Balaban J connectivity index is 0.000000461. The van der Waals surface area contributed by atoms with Gasteiger partial charge in [0.05, 0.1) is 11.1 Å². The van der Waals surface area contributed by atoms with Gasteiger partial charge in [0.15, 0.2) is 0 Å². The van der Waals surface area contributed by atoms with Crippen LogP contribution in [-0.4, -0.2) is 30.1 Å². The molecule has 1 aliphatic heterocycles. The molecule has 0 aliphatic carbocycles. The fourth-order valence-electron chi connectivity index (χ4n) is 1.31. The summed E-state index contributed by atoms with van der Waals surface area (Å²) in [5.41, 5.74) is 1.01. The van der Waals surface area contributed by atoms with Gasteiger partial charge < -0.3 is 0 Å². The Morgan fingerprint density at radius 3 is 1.71 bits per heavy atom. The smallest absolute Gasteiger partial charge is 0.261 e. The normalized spacial score (nSPS) is 13.5. The summed E-state index contributed by atoms with van der Waals surface area (Å²) in [5, 5.41) is 0. The van der Waals surface area contributed by atoms with Crippen LogP contribution in [0.1, 0.15) is 20.7 Å². The fourth-order valence-corrected chi connectivity index (χ4v) is 1.31. The topological polar surface area (TPSA) is 37.4 Å². The first-order valence-corrected chi connectivity index (χ1v) is 4.76. The number of hydrogen-bond donors (Lipinski definition) is 0. The van der Waals surface area contributed by atoms with E-state index in [2.05, 4.69) is 11.6 Å². The van der Waals surface area contributed by atoms with Gasteiger partial charge in [0, 0.05) is 13.4 Å². The lowest BCUT2D eigenvalue weighted by Crippen LogP contribution is -2.24. The molecular formula is C10H10ClNO2. The predicted molar refractivity (Wildman–Crippen MR) is 54.6 cm³/mol. The maximum atomic E-state index is 11.3. The number of benzene rings is 1. The number of halogens is 1. The minimum atomic E-state index is -0.212. The summed E-state index contributed by atoms with van der Waals surface area (Å²) in [7, 11) is 1.49. The molecule has 1 heterocycles. The number of carbonyl (C=O) groups excluding carboxylic acids is 2. The third kappa shape index (κ3) is 1.51. The van der Waals surface area contributed by atoms with Crippen LogP contribution in [0, 0.1) is 0 Å². The molecule has 0 bridgehead atoms. The van der Waals surface area contributed by atoms with Crippen LogP contribution in [0.4, 0.5) is 0 Å². The van der Waals surface area contributed by atoms with Crippen LogP contribution in [0.15, 0.2) is 24.3 Å². The monoisotopic (exact) mass is 211 g/mol. The number of alkyl halides is 1. The average molecular weight is 212 g/mol. The summed E-state index contributed by atoms with van der Waals surface area (Å²) >= 11 is 4.64. The van der Waals surface area contributed by atoms with Crippen LogP contribution in [0.2, 0.25) is 0 Å². The van der Waals surface area contributed by atoms with Crippen molar-refractivity contribution in [3.05, 3.63) is 35.4 Å². The van der Waals surface area contributed by atoms with Crippen LogP contribution < -0.4 is 0 Å². The molecule has 0 fully saturated rings. The Hall–Kier alpha value is -1.35. The van der Waals surface area contributed by atoms with Crippen molar-refractivity contribution >= 4 is 23.4 Å². The quantitative estimate of drug-likeness (QED) is 0.485. The maximum Gasteiger partial charge on any atom is 0.261 e. The molecule has 0 aromatic heterocycles. The Morgan fingerprint density at radius 2 is 1.36 bits per heavy atom. The first-order valence-electron chi connectivity index (χ1n) is 4.01. The molecule has 1 aromatic carbocycles. The standard InChI is InChI=1S/C9H7NO2.CH3Cl/c1-10-8(11)6-4-2-3-5-7(6)9(10)12;1-2/h2-5H,1H3;1H3. The molecule has 2 rings (SSSR count). The molecule has 2 amide bonds. The molecule has 0 atom stereocenters. The zero-order valence-corrected chi connectivity index (χ0v) is 8.71. The fraction of sp³-hybridized carbons (Fsp3) is 0.200. The van der Waals surface area contributed by atoms with Crippen LogP contribution in [0.5, 0.6) is 0 Å². The number of imide groups is 1. The van der Waals surface area contributed by atoms with E-state index in [4.69, 9.17) is 0 Å². The van der Waals surface area contributed by atoms with E-state index in [1.54, 1.807) is 24.3 Å². The van der Waals surface area contributed by atoms with E-state index >= 15 is 0 Å². The van der Waals surface area contributed by atoms with E-state index in [-0.39, 0.29) is 11.8 Å². The largest absolute Gasteiger partial charge is 0.277 e. The molecule has 0 unspecified atom stereocenters. The highest BCUT2D eigenvalue weighted by Gasteiger charge is 2.31. The van der Waals surface area contributed by atoms with Crippen LogP contribution >= 0.6 is 11.6 Å². The SMILES string of the molecule is CCl.CN1C(=O)c2ccccc2C1=O. The molecule has 3 nitrogen and oxygen atoms in total. The summed E-state index contributed by atoms with van der Waals surface area (Å²) < 4.78 is 0. The van der Waals surface area contributed by atoms with E-state index in [0.29, 0.717) is 11.1 Å². The summed E-state index contributed by atoms with van der Waals surface area (Å²) in [6.45, 7) is 0. The summed E-state index contributed by atoms with van der Waals surface area (Å²) in [5.74, 6) is -0.425. The zero-order chi connectivity index (χ0) is 10.7. The number of fused-ring (bicyclic) bond motifs is 1. The molecule has 0 radical (unpaired) electrons. The Kier molecular flexibility index (Phi) is 3.25. The number of carbonyl (C=O) groups is 2. The van der Waals surface area contributed by atoms with Crippen LogP contribution in [0.25, 0.3) is 0 Å². The second-order valence-electron chi connectivity index (χ2n) is 2.71. The van der Waals surface area contributed by atoms with E-state index in [9.17, 15) is 9.59 Å². The van der Waals surface area contributed by atoms with Crippen molar-refractivity contribution < 1.29 is 9.59 Å². The number of rotatable bonds is 0. The zero-order valence-electron chi connectivity index (χ0n) is 7.95. The lowest BCUT2D eigenvalue weighted by molar-refractivity contribution is 0.0693. The molecule has 14 heavy (non-hydrogen) atoms. The summed E-state index contributed by atoms with van der Waals surface area (Å²) in [6.07, 6.45) is 1.47. The third-order valence-electron chi connectivity index (χ3n) is 2.00. The van der Waals surface area contributed by atoms with Crippen molar-refractivity contribution in [3.8, 4) is 0 Å². The van der Waals surface area contributed by atoms with Crippen molar-refractivity contribution in [2.24, 2.45) is 0 Å². The van der Waals surface area contributed by atoms with Gasteiger partial charge in [0.1, 0.15) is 0 Å². The first kappa shape index (κ1) is 10.7. The van der Waals surface area contributed by atoms with E-state index in [1.165, 1.54) is 13.4 Å². The van der Waals surface area contributed by atoms with E-state index in [0.717, 1.165) is 4.90 Å². The number of nitrogens with zero attached hydrogens (tertiary/aromatic N) is 1. The minimum absolute atomic E-state index is 0.212. The molecule has 0 spiro atoms. The van der Waals surface area contributed by atoms with Crippen LogP contribution in [-0.2, 0) is 0 Å². The number of amides is 2. The Morgan fingerprint density at radius 1 is 1.00 bits per heavy atom. The van der Waals surface area contributed by atoms with E-state index in [1.807, 2.05) is 0 Å². The molecule has 1 aromatic rings. The Bertz CT molecular complexity index is 341. The van der Waals surface area contributed by atoms with Gasteiger partial charge in [0.25, 0.3) is 11.8 Å². The van der Waals surface area contributed by atoms with Gasteiger partial charge in [-0.05, 0) is 12.1 Å². The van der Waals surface area contributed by atoms with E-state index < -0.39 is 0 Å². The van der Waals surface area contributed by atoms with Gasteiger partial charge >= 0.3 is 0 Å². The second kappa shape index (κ2) is 4.24. The maximum absolute atomic E-state index is 11.3. The average Bonchev–Trinajstić information content (AvgIpc) is 2.48. The van der Waals surface area contributed by atoms with Gasteiger partial charge in [-0.25, -0.2) is 0 Å². The number of hydrogen-bond acceptors (Lipinski definition) is 2. The van der Waals surface area contributed by atoms with Gasteiger partial charge in [-0.2, -0.15) is 0 Å². The molecule has 0 saturated heterocycles. The third-order valence-corrected chi connectivity index (χ3v) is 2.00. The van der Waals surface area contributed by atoms with Crippen molar-refractivity contribution in [1.29, 1.82) is 0 Å². The van der Waals surface area contributed by atoms with Crippen LogP contribution in [0.3, 0.4) is 0 Å². The van der Waals surface area contributed by atoms with Crippen molar-refractivity contribution in [2.45, 2.75) is 0 Å². The molecule has 0 N–H and O–H groups in total. The van der Waals surface area contributed by atoms with Gasteiger partial charge in [-0.15, -0.1) is 11.6 Å². The summed E-state index contributed by atoms with van der Waals surface area (Å²) in [4.78, 5) is 23.8. The Labute approximate surface area is 87.3 Å². The molecule has 0 saturated carbocycles. The van der Waals surface area contributed by atoms with Crippen molar-refractivity contribution in [2.75, 3.05) is 13.4 Å². The molecule has 74 valence electrons. The lowest BCUT2D eigenvalue weighted by Gasteiger charge is -2.02. The van der Waals surface area contributed by atoms with Gasteiger partial charge in [-0.3, -0.25) is 14.5 Å². The first-order chi connectivity index (χ1) is 6.72. The van der Waals surface area contributed by atoms with Gasteiger partial charge in [-0.1, -0.05) is 12.1 Å². The lowest BCUT2D eigenvalue weighted by atomic mass is 10.1. The predicted octanol–water partition coefficient (Wildman–Crippen LogP) is 1.77. The highest BCUT2D eigenvalue weighted by Crippen LogP contribution is 2.20. The molecule has 4 heteroatoms. The van der Waals surface area contributed by atoms with Gasteiger partial charge in [0.2, 0.25) is 0 Å². The van der Waals surface area contributed by atoms with Crippen molar-refractivity contribution in [1.82, 2.24) is 4.90 Å². The minimum Gasteiger partial charge on any atom is -0.277 e. The van der Waals surface area contributed by atoms with Crippen molar-refractivity contribution in [3.63, 3.8) is 0 Å². The molecular weight excluding hydrogens is 202 g/mol.